The third-order valence-electron chi connectivity index (χ3n) is 5.86. The molecule has 0 aromatic rings. The highest BCUT2D eigenvalue weighted by molar-refractivity contribution is 5.94. The molecule has 0 spiro atoms. The summed E-state index contributed by atoms with van der Waals surface area (Å²) in [5.41, 5.74) is 4.78. The van der Waals surface area contributed by atoms with Crippen LogP contribution in [0, 0.1) is 17.2 Å². The van der Waals surface area contributed by atoms with Crippen molar-refractivity contribution in [2.75, 3.05) is 13.1 Å². The minimum absolute atomic E-state index is 0.0609. The number of carbonyl (C=O) groups is 1. The Labute approximate surface area is 184 Å². The van der Waals surface area contributed by atoms with Gasteiger partial charge in [0.1, 0.15) is 6.17 Å². The summed E-state index contributed by atoms with van der Waals surface area (Å²) < 4.78 is 0. The van der Waals surface area contributed by atoms with Gasteiger partial charge < -0.3 is 16.1 Å². The summed E-state index contributed by atoms with van der Waals surface area (Å²) in [4.78, 5) is 15.2. The fraction of sp³-hybridized carbons (Fsp3) is 0.500. The van der Waals surface area contributed by atoms with Crippen LogP contribution in [0.4, 0.5) is 0 Å². The van der Waals surface area contributed by atoms with Crippen LogP contribution in [0.25, 0.3) is 0 Å². The summed E-state index contributed by atoms with van der Waals surface area (Å²) in [6.07, 6.45) is 14.8. The van der Waals surface area contributed by atoms with Crippen LogP contribution < -0.4 is 11.2 Å². The monoisotopic (exact) mass is 420 g/mol. The number of nitrogens with one attached hydrogen (secondary N) is 1. The number of nitrogens with two attached hydrogens (primary N) is 1. The van der Waals surface area contributed by atoms with Crippen molar-refractivity contribution in [3.05, 3.63) is 58.4 Å². The van der Waals surface area contributed by atoms with Crippen LogP contribution in [0.3, 0.4) is 0 Å². The van der Waals surface area contributed by atoms with Gasteiger partial charge in [-0.2, -0.15) is 5.26 Å². The Balaban J connectivity index is 1.88. The summed E-state index contributed by atoms with van der Waals surface area (Å²) in [5.74, 6) is 5.64. The van der Waals surface area contributed by atoms with E-state index in [-0.39, 0.29) is 18.0 Å². The Morgan fingerprint density at radius 1 is 1.29 bits per heavy atom. The molecule has 3 N–H and O–H groups in total. The highest BCUT2D eigenvalue weighted by Gasteiger charge is 2.28. The van der Waals surface area contributed by atoms with Crippen molar-refractivity contribution >= 4 is 5.91 Å². The maximum absolute atomic E-state index is 13.3. The molecule has 0 radical (unpaired) electrons. The van der Waals surface area contributed by atoms with Crippen LogP contribution in [-0.4, -0.2) is 30.1 Å². The zero-order chi connectivity index (χ0) is 22.2. The third kappa shape index (κ3) is 5.52. The van der Waals surface area contributed by atoms with Crippen LogP contribution in [0.5, 0.6) is 0 Å². The number of carbonyl (C=O) groups excluding carboxylic acids is 1. The lowest BCUT2D eigenvalue weighted by atomic mass is 9.83. The standard InChI is InChI=1S/C24H32N6O/c1-3-10-30(11-4-2)24(31)21-13-20-9-8-19(18-7-5-6-17(12-18)16-25)14-22(20)27-23(15-21)28-29-26/h6,8-9,12-13,19,23,27H,3-5,7,10-11,14-15H2,1-2H3,(H2,26,28). The molecule has 164 valence electrons. The van der Waals surface area contributed by atoms with Crippen molar-refractivity contribution in [2.24, 2.45) is 22.1 Å². The van der Waals surface area contributed by atoms with Gasteiger partial charge in [0.25, 0.3) is 0 Å². The highest BCUT2D eigenvalue weighted by Crippen LogP contribution is 2.35. The lowest BCUT2D eigenvalue weighted by Gasteiger charge is -2.26. The number of rotatable bonds is 7. The van der Waals surface area contributed by atoms with E-state index in [0.717, 1.165) is 67.6 Å². The van der Waals surface area contributed by atoms with E-state index in [0.29, 0.717) is 6.42 Å². The lowest BCUT2D eigenvalue weighted by Crippen LogP contribution is -2.35. The third-order valence-corrected chi connectivity index (χ3v) is 5.86. The van der Waals surface area contributed by atoms with Gasteiger partial charge in [0.05, 0.1) is 6.07 Å². The number of allylic oxidation sites excluding steroid dienone is 9. The Hall–Kier alpha value is -3.14. The average Bonchev–Trinajstić information content (AvgIpc) is 2.97. The molecule has 3 rings (SSSR count). The zero-order valence-corrected chi connectivity index (χ0v) is 18.5. The fourth-order valence-electron chi connectivity index (χ4n) is 4.42. The molecule has 0 fully saturated rings. The molecule has 7 heteroatoms. The molecule has 1 amide bonds. The van der Waals surface area contributed by atoms with Gasteiger partial charge in [0.2, 0.25) is 5.91 Å². The molecule has 31 heavy (non-hydrogen) atoms. The maximum atomic E-state index is 13.3. The Morgan fingerprint density at radius 3 is 2.74 bits per heavy atom. The highest BCUT2D eigenvalue weighted by atomic mass is 16.2. The van der Waals surface area contributed by atoms with Crippen molar-refractivity contribution < 1.29 is 4.79 Å². The van der Waals surface area contributed by atoms with Crippen molar-refractivity contribution in [1.29, 1.82) is 5.26 Å². The van der Waals surface area contributed by atoms with E-state index in [2.05, 4.69) is 47.7 Å². The average molecular weight is 421 g/mol. The van der Waals surface area contributed by atoms with E-state index in [1.807, 2.05) is 23.1 Å². The van der Waals surface area contributed by atoms with E-state index < -0.39 is 0 Å². The summed E-state index contributed by atoms with van der Waals surface area (Å²) in [6.45, 7) is 5.66. The Kier molecular flexibility index (Phi) is 7.82. The van der Waals surface area contributed by atoms with Crippen LogP contribution in [-0.2, 0) is 4.79 Å². The van der Waals surface area contributed by atoms with E-state index in [1.54, 1.807) is 0 Å². The molecule has 7 nitrogen and oxygen atoms in total. The number of nitriles is 1. The molecule has 0 saturated heterocycles. The van der Waals surface area contributed by atoms with Gasteiger partial charge in [-0.1, -0.05) is 42.9 Å². The predicted octanol–water partition coefficient (Wildman–Crippen LogP) is 4.21. The van der Waals surface area contributed by atoms with Gasteiger partial charge in [-0.25, -0.2) is 0 Å². The normalized spacial score (nSPS) is 23.2. The van der Waals surface area contributed by atoms with Gasteiger partial charge in [0, 0.05) is 42.3 Å². The second-order valence-corrected chi connectivity index (χ2v) is 8.19. The Bertz CT molecular complexity index is 909. The molecule has 0 aromatic heterocycles. The second-order valence-electron chi connectivity index (χ2n) is 8.19. The molecule has 2 aliphatic carbocycles. The van der Waals surface area contributed by atoms with E-state index in [9.17, 15) is 10.1 Å². The molecule has 0 aromatic carbocycles. The molecule has 2 atom stereocenters. The summed E-state index contributed by atoms with van der Waals surface area (Å²) in [7, 11) is 0. The molecule has 3 aliphatic rings. The van der Waals surface area contributed by atoms with Crippen LogP contribution in [0.1, 0.15) is 52.4 Å². The van der Waals surface area contributed by atoms with Gasteiger partial charge in [-0.3, -0.25) is 4.79 Å². The molecule has 0 saturated carbocycles. The minimum atomic E-state index is -0.375. The first-order valence-corrected chi connectivity index (χ1v) is 11.2. The van der Waals surface area contributed by atoms with Gasteiger partial charge in [-0.05, 0) is 49.8 Å². The first kappa shape index (κ1) is 22.5. The molecular weight excluding hydrogens is 388 g/mol. The lowest BCUT2D eigenvalue weighted by molar-refractivity contribution is -0.127. The van der Waals surface area contributed by atoms with E-state index in [4.69, 9.17) is 5.84 Å². The maximum Gasteiger partial charge on any atom is 0.249 e. The minimum Gasteiger partial charge on any atom is -0.365 e. The van der Waals surface area contributed by atoms with Crippen molar-refractivity contribution in [3.8, 4) is 6.07 Å². The first-order chi connectivity index (χ1) is 15.1. The summed E-state index contributed by atoms with van der Waals surface area (Å²) >= 11 is 0. The van der Waals surface area contributed by atoms with Crippen molar-refractivity contribution in [2.45, 2.75) is 58.5 Å². The predicted molar refractivity (Wildman–Crippen MR) is 121 cm³/mol. The first-order valence-electron chi connectivity index (χ1n) is 11.2. The summed E-state index contributed by atoms with van der Waals surface area (Å²) in [6, 6.07) is 2.25. The van der Waals surface area contributed by atoms with E-state index >= 15 is 0 Å². The largest absolute Gasteiger partial charge is 0.365 e. The topological polar surface area (TPSA) is 107 Å². The molecular formula is C24H32N6O. The van der Waals surface area contributed by atoms with Gasteiger partial charge in [0.15, 0.2) is 0 Å². The number of hydrogen-bond donors (Lipinski definition) is 2. The van der Waals surface area contributed by atoms with E-state index in [1.165, 1.54) is 5.57 Å². The Morgan fingerprint density at radius 2 is 2.06 bits per heavy atom. The molecule has 0 bridgehead atoms. The van der Waals surface area contributed by atoms with Crippen LogP contribution in [0.15, 0.2) is 68.7 Å². The second kappa shape index (κ2) is 10.8. The van der Waals surface area contributed by atoms with Crippen LogP contribution >= 0.6 is 0 Å². The molecule has 1 heterocycles. The van der Waals surface area contributed by atoms with Crippen LogP contribution in [0.2, 0.25) is 0 Å². The quantitative estimate of drug-likeness (QED) is 0.365. The van der Waals surface area contributed by atoms with Gasteiger partial charge in [-0.15, -0.1) is 5.11 Å². The number of hydrogen-bond acceptors (Lipinski definition) is 5. The number of nitrogens with zero attached hydrogens (tertiary/aromatic N) is 4. The van der Waals surface area contributed by atoms with Gasteiger partial charge >= 0.3 is 0 Å². The number of amides is 1. The zero-order valence-electron chi connectivity index (χ0n) is 18.5. The van der Waals surface area contributed by atoms with Crippen molar-refractivity contribution in [1.82, 2.24) is 10.2 Å². The SMILES string of the molecule is CCCN(CCC)C(=O)C1=CC2=C(CC(C3=CC(C#N)=CCC3)C=C2)NC(N=NN)C1. The molecule has 1 aliphatic heterocycles. The summed E-state index contributed by atoms with van der Waals surface area (Å²) in [5, 5.41) is 20.3. The molecule has 2 unspecified atom stereocenters. The smallest absolute Gasteiger partial charge is 0.249 e. The fourth-order valence-corrected chi connectivity index (χ4v) is 4.42. The van der Waals surface area contributed by atoms with Crippen molar-refractivity contribution in [3.63, 3.8) is 0 Å².